The van der Waals surface area contributed by atoms with Gasteiger partial charge in [-0.05, 0) is 37.1 Å². The zero-order chi connectivity index (χ0) is 23.0. The summed E-state index contributed by atoms with van der Waals surface area (Å²) in [5, 5.41) is 3.07. The Kier molecular flexibility index (Phi) is 8.25. The van der Waals surface area contributed by atoms with E-state index in [0.717, 1.165) is 19.6 Å². The van der Waals surface area contributed by atoms with E-state index in [9.17, 15) is 9.59 Å². The molecular formula is C25H33N3O4. The van der Waals surface area contributed by atoms with E-state index in [0.29, 0.717) is 18.8 Å². The van der Waals surface area contributed by atoms with Crippen molar-refractivity contribution in [2.24, 2.45) is 0 Å². The summed E-state index contributed by atoms with van der Waals surface area (Å²) in [6, 6.07) is 17.6. The fourth-order valence-corrected chi connectivity index (χ4v) is 3.72. The molecule has 172 valence electrons. The number of carbonyl (C=O) groups excluding carboxylic acids is 2. The quantitative estimate of drug-likeness (QED) is 0.605. The number of piperazine rings is 1. The predicted octanol–water partition coefficient (Wildman–Crippen LogP) is 2.24. The lowest BCUT2D eigenvalue weighted by Gasteiger charge is -2.36. The molecule has 1 aliphatic rings. The Morgan fingerprint density at radius 2 is 1.66 bits per heavy atom. The van der Waals surface area contributed by atoms with Crippen molar-refractivity contribution in [1.82, 2.24) is 15.1 Å². The monoisotopic (exact) mass is 439 g/mol. The standard InChI is InChI=1S/C25H33N3O4/c1-20-9-7-8-10-21(20)18-27-13-15-28(16-14-27)23(29)17-26-25(2,24(30)31-3)19-32-22-11-5-4-6-12-22/h4-12,26H,13-19H2,1-3H3. The topological polar surface area (TPSA) is 71.1 Å². The molecule has 7 nitrogen and oxygen atoms in total. The average molecular weight is 440 g/mol. The molecule has 0 bridgehead atoms. The lowest BCUT2D eigenvalue weighted by atomic mass is 10.0. The van der Waals surface area contributed by atoms with Crippen molar-refractivity contribution in [3.63, 3.8) is 0 Å². The number of rotatable bonds is 9. The van der Waals surface area contributed by atoms with E-state index in [4.69, 9.17) is 9.47 Å². The second-order valence-electron chi connectivity index (χ2n) is 8.36. The van der Waals surface area contributed by atoms with E-state index in [-0.39, 0.29) is 19.1 Å². The van der Waals surface area contributed by atoms with Crippen LogP contribution in [-0.2, 0) is 20.9 Å². The number of nitrogens with one attached hydrogen (secondary N) is 1. The Morgan fingerprint density at radius 1 is 1.00 bits per heavy atom. The number of amides is 1. The zero-order valence-electron chi connectivity index (χ0n) is 19.2. The van der Waals surface area contributed by atoms with Crippen LogP contribution in [0.3, 0.4) is 0 Å². The lowest BCUT2D eigenvalue weighted by Crippen LogP contribution is -2.58. The molecule has 1 fully saturated rings. The number of ether oxygens (including phenoxy) is 2. The summed E-state index contributed by atoms with van der Waals surface area (Å²) in [6.45, 7) is 7.79. The van der Waals surface area contributed by atoms with Gasteiger partial charge in [-0.3, -0.25) is 15.0 Å². The Balaban J connectivity index is 1.49. The predicted molar refractivity (Wildman–Crippen MR) is 123 cm³/mol. The van der Waals surface area contributed by atoms with Gasteiger partial charge in [-0.1, -0.05) is 42.5 Å². The normalized spacial score (nSPS) is 16.3. The van der Waals surface area contributed by atoms with Crippen LogP contribution >= 0.6 is 0 Å². The summed E-state index contributed by atoms with van der Waals surface area (Å²) in [7, 11) is 1.33. The summed E-state index contributed by atoms with van der Waals surface area (Å²) in [5.41, 5.74) is 1.48. The van der Waals surface area contributed by atoms with Gasteiger partial charge in [-0.25, -0.2) is 4.79 Å². The van der Waals surface area contributed by atoms with Gasteiger partial charge < -0.3 is 14.4 Å². The molecule has 1 unspecified atom stereocenters. The van der Waals surface area contributed by atoms with Gasteiger partial charge in [0.1, 0.15) is 17.9 Å². The van der Waals surface area contributed by atoms with Gasteiger partial charge in [0.25, 0.3) is 0 Å². The van der Waals surface area contributed by atoms with Crippen molar-refractivity contribution in [1.29, 1.82) is 0 Å². The van der Waals surface area contributed by atoms with Crippen molar-refractivity contribution in [3.05, 3.63) is 65.7 Å². The van der Waals surface area contributed by atoms with Crippen LogP contribution in [0.15, 0.2) is 54.6 Å². The molecule has 7 heteroatoms. The number of esters is 1. The van der Waals surface area contributed by atoms with E-state index < -0.39 is 11.5 Å². The number of hydrogen-bond donors (Lipinski definition) is 1. The van der Waals surface area contributed by atoms with Gasteiger partial charge in [0.2, 0.25) is 5.91 Å². The van der Waals surface area contributed by atoms with Gasteiger partial charge in [0, 0.05) is 32.7 Å². The van der Waals surface area contributed by atoms with E-state index in [1.165, 1.54) is 18.2 Å². The molecule has 0 spiro atoms. The van der Waals surface area contributed by atoms with Crippen LogP contribution in [0, 0.1) is 6.92 Å². The minimum absolute atomic E-state index is 0.0321. The van der Waals surface area contributed by atoms with Crippen LogP contribution in [0.5, 0.6) is 5.75 Å². The van der Waals surface area contributed by atoms with Crippen molar-refractivity contribution < 1.29 is 19.1 Å². The average Bonchev–Trinajstić information content (AvgIpc) is 2.83. The molecule has 1 atom stereocenters. The Hall–Kier alpha value is -2.90. The van der Waals surface area contributed by atoms with Gasteiger partial charge >= 0.3 is 5.97 Å². The van der Waals surface area contributed by atoms with Crippen LogP contribution < -0.4 is 10.1 Å². The number of aryl methyl sites for hydroxylation is 1. The van der Waals surface area contributed by atoms with Crippen LogP contribution in [0.2, 0.25) is 0 Å². The molecule has 1 aliphatic heterocycles. The number of hydrogen-bond acceptors (Lipinski definition) is 6. The molecular weight excluding hydrogens is 406 g/mol. The van der Waals surface area contributed by atoms with Crippen LogP contribution in [0.1, 0.15) is 18.1 Å². The Bertz CT molecular complexity index is 897. The third-order valence-electron chi connectivity index (χ3n) is 5.92. The molecule has 1 amide bonds. The molecule has 0 aliphatic carbocycles. The smallest absolute Gasteiger partial charge is 0.329 e. The summed E-state index contributed by atoms with van der Waals surface area (Å²) in [5.74, 6) is 0.153. The number of benzene rings is 2. The highest BCUT2D eigenvalue weighted by atomic mass is 16.5. The highest BCUT2D eigenvalue weighted by molar-refractivity contribution is 5.83. The first-order valence-electron chi connectivity index (χ1n) is 11.0. The maximum absolute atomic E-state index is 12.8. The molecule has 2 aromatic rings. The number of para-hydroxylation sites is 1. The number of carbonyl (C=O) groups is 2. The molecule has 1 saturated heterocycles. The van der Waals surface area contributed by atoms with Gasteiger partial charge in [0.05, 0.1) is 13.7 Å². The third kappa shape index (κ3) is 6.31. The second kappa shape index (κ2) is 11.1. The highest BCUT2D eigenvalue weighted by Gasteiger charge is 2.36. The molecule has 1 heterocycles. The molecule has 0 aromatic heterocycles. The highest BCUT2D eigenvalue weighted by Crippen LogP contribution is 2.15. The van der Waals surface area contributed by atoms with Crippen molar-refractivity contribution >= 4 is 11.9 Å². The van der Waals surface area contributed by atoms with Crippen LogP contribution in [0.4, 0.5) is 0 Å². The molecule has 32 heavy (non-hydrogen) atoms. The summed E-state index contributed by atoms with van der Waals surface area (Å²) >= 11 is 0. The minimum Gasteiger partial charge on any atom is -0.491 e. The first-order valence-corrected chi connectivity index (χ1v) is 11.0. The maximum atomic E-state index is 12.8. The summed E-state index contributed by atoms with van der Waals surface area (Å²) in [6.07, 6.45) is 0. The lowest BCUT2D eigenvalue weighted by molar-refractivity contribution is -0.149. The van der Waals surface area contributed by atoms with Crippen LogP contribution in [0.25, 0.3) is 0 Å². The fraction of sp³-hybridized carbons (Fsp3) is 0.440. The molecule has 1 N–H and O–H groups in total. The van der Waals surface area contributed by atoms with E-state index >= 15 is 0 Å². The zero-order valence-corrected chi connectivity index (χ0v) is 19.2. The number of nitrogens with zero attached hydrogens (tertiary/aromatic N) is 2. The maximum Gasteiger partial charge on any atom is 0.329 e. The van der Waals surface area contributed by atoms with Crippen LogP contribution in [-0.4, -0.2) is 73.7 Å². The van der Waals surface area contributed by atoms with Crippen molar-refractivity contribution in [2.45, 2.75) is 25.9 Å². The third-order valence-corrected chi connectivity index (χ3v) is 5.92. The summed E-state index contributed by atoms with van der Waals surface area (Å²) in [4.78, 5) is 29.4. The van der Waals surface area contributed by atoms with Crippen molar-refractivity contribution in [3.8, 4) is 5.75 Å². The minimum atomic E-state index is -1.13. The number of methoxy groups -OCH3 is 1. The molecule has 0 radical (unpaired) electrons. The van der Waals surface area contributed by atoms with E-state index in [1.54, 1.807) is 6.92 Å². The summed E-state index contributed by atoms with van der Waals surface area (Å²) < 4.78 is 10.7. The second-order valence-corrected chi connectivity index (χ2v) is 8.36. The van der Waals surface area contributed by atoms with Gasteiger partial charge in [-0.15, -0.1) is 0 Å². The molecule has 3 rings (SSSR count). The Labute approximate surface area is 190 Å². The molecule has 2 aromatic carbocycles. The van der Waals surface area contributed by atoms with Gasteiger partial charge in [-0.2, -0.15) is 0 Å². The fourth-order valence-electron chi connectivity index (χ4n) is 3.72. The first-order chi connectivity index (χ1) is 15.4. The van der Waals surface area contributed by atoms with E-state index in [1.807, 2.05) is 35.2 Å². The van der Waals surface area contributed by atoms with Gasteiger partial charge in [0.15, 0.2) is 0 Å². The first kappa shape index (κ1) is 23.8. The SMILES string of the molecule is COC(=O)C(C)(COc1ccccc1)NCC(=O)N1CCN(Cc2ccccc2C)CC1. The largest absolute Gasteiger partial charge is 0.491 e. The Morgan fingerprint density at radius 3 is 2.31 bits per heavy atom. The molecule has 0 saturated carbocycles. The van der Waals surface area contributed by atoms with Crippen molar-refractivity contribution in [2.75, 3.05) is 46.4 Å². The van der Waals surface area contributed by atoms with E-state index in [2.05, 4.69) is 41.4 Å².